The zero-order valence-corrected chi connectivity index (χ0v) is 17.7. The predicted octanol–water partition coefficient (Wildman–Crippen LogP) is 4.67. The molecule has 4 rings (SSSR count). The smallest absolute Gasteiger partial charge is 0.271 e. The highest BCUT2D eigenvalue weighted by atomic mass is 32.1. The van der Waals surface area contributed by atoms with Crippen molar-refractivity contribution < 1.29 is 9.18 Å². The number of halogens is 1. The Hall–Kier alpha value is -2.57. The lowest BCUT2D eigenvalue weighted by molar-refractivity contribution is 0.0946. The Morgan fingerprint density at radius 3 is 2.60 bits per heavy atom. The van der Waals surface area contributed by atoms with Crippen LogP contribution >= 0.6 is 11.3 Å². The molecule has 1 aliphatic heterocycles. The number of hydrogen-bond donors (Lipinski definition) is 1. The molecule has 1 amide bonds. The summed E-state index contributed by atoms with van der Waals surface area (Å²) in [5.41, 5.74) is 2.30. The maximum atomic E-state index is 13.7. The molecule has 2 heterocycles. The molecule has 6 heteroatoms. The molecular formula is C24H26FN3OS. The highest BCUT2D eigenvalue weighted by Gasteiger charge is 2.21. The molecule has 4 nitrogen and oxygen atoms in total. The number of piperidine rings is 1. The standard InChI is InChI=1S/C24H26FN3OS/c25-21-9-5-4-8-20(21)15-26-24(29)22-17-30-23(27-22)16-28-12-10-19(11-13-28)14-18-6-2-1-3-7-18/h1-9,17,19H,10-16H2,(H,26,29). The van der Waals surface area contributed by atoms with E-state index in [9.17, 15) is 9.18 Å². The van der Waals surface area contributed by atoms with Crippen LogP contribution in [0.15, 0.2) is 60.0 Å². The first-order chi connectivity index (χ1) is 14.7. The lowest BCUT2D eigenvalue weighted by Crippen LogP contribution is -2.33. The summed E-state index contributed by atoms with van der Waals surface area (Å²) in [4.78, 5) is 19.3. The van der Waals surface area contributed by atoms with E-state index in [4.69, 9.17) is 0 Å². The van der Waals surface area contributed by atoms with Gasteiger partial charge in [-0.25, -0.2) is 9.37 Å². The van der Waals surface area contributed by atoms with Crippen molar-refractivity contribution in [1.82, 2.24) is 15.2 Å². The van der Waals surface area contributed by atoms with Crippen LogP contribution in [0.3, 0.4) is 0 Å². The van der Waals surface area contributed by atoms with Crippen molar-refractivity contribution >= 4 is 17.2 Å². The minimum absolute atomic E-state index is 0.160. The van der Waals surface area contributed by atoms with E-state index in [2.05, 4.69) is 45.5 Å². The summed E-state index contributed by atoms with van der Waals surface area (Å²) in [5.74, 6) is 0.162. The molecule has 30 heavy (non-hydrogen) atoms. The largest absolute Gasteiger partial charge is 0.346 e. The van der Waals surface area contributed by atoms with Gasteiger partial charge in [-0.15, -0.1) is 11.3 Å². The van der Waals surface area contributed by atoms with Crippen LogP contribution in [0.4, 0.5) is 4.39 Å². The SMILES string of the molecule is O=C(NCc1ccccc1F)c1csc(CN2CCC(Cc3ccccc3)CC2)n1. The van der Waals surface area contributed by atoms with Crippen LogP contribution in [-0.2, 0) is 19.5 Å². The Morgan fingerprint density at radius 1 is 1.10 bits per heavy atom. The molecular weight excluding hydrogens is 397 g/mol. The average molecular weight is 424 g/mol. The number of rotatable bonds is 7. The van der Waals surface area contributed by atoms with Crippen molar-refractivity contribution in [3.8, 4) is 0 Å². The Bertz CT molecular complexity index is 967. The van der Waals surface area contributed by atoms with Gasteiger partial charge in [-0.1, -0.05) is 48.5 Å². The quantitative estimate of drug-likeness (QED) is 0.601. The number of carbonyl (C=O) groups excluding carboxylic acids is 1. The third-order valence-electron chi connectivity index (χ3n) is 5.61. The first kappa shape index (κ1) is 20.7. The molecule has 2 aromatic carbocycles. The Balaban J connectivity index is 1.24. The van der Waals surface area contributed by atoms with E-state index in [1.165, 1.54) is 35.8 Å². The van der Waals surface area contributed by atoms with Crippen LogP contribution in [0.5, 0.6) is 0 Å². The Morgan fingerprint density at radius 2 is 1.83 bits per heavy atom. The molecule has 1 aliphatic rings. The number of likely N-dealkylation sites (tertiary alicyclic amines) is 1. The number of nitrogens with zero attached hydrogens (tertiary/aromatic N) is 2. The van der Waals surface area contributed by atoms with Crippen molar-refractivity contribution in [2.75, 3.05) is 13.1 Å². The van der Waals surface area contributed by atoms with Crippen molar-refractivity contribution in [2.45, 2.75) is 32.4 Å². The van der Waals surface area contributed by atoms with Crippen LogP contribution < -0.4 is 5.32 Å². The second kappa shape index (κ2) is 9.96. The van der Waals surface area contributed by atoms with Crippen molar-refractivity contribution in [2.24, 2.45) is 5.92 Å². The molecule has 1 saturated heterocycles. The van der Waals surface area contributed by atoms with Gasteiger partial charge >= 0.3 is 0 Å². The fourth-order valence-electron chi connectivity index (χ4n) is 3.88. The van der Waals surface area contributed by atoms with Crippen molar-refractivity contribution in [1.29, 1.82) is 0 Å². The molecule has 0 bridgehead atoms. The first-order valence-electron chi connectivity index (χ1n) is 10.4. The summed E-state index contributed by atoms with van der Waals surface area (Å²) < 4.78 is 13.7. The lowest BCUT2D eigenvalue weighted by atomic mass is 9.90. The lowest BCUT2D eigenvalue weighted by Gasteiger charge is -2.31. The number of nitrogens with one attached hydrogen (secondary N) is 1. The number of amides is 1. The topological polar surface area (TPSA) is 45.2 Å². The van der Waals surface area contributed by atoms with Gasteiger partial charge in [0.1, 0.15) is 16.5 Å². The van der Waals surface area contributed by atoms with Crippen LogP contribution in [0.25, 0.3) is 0 Å². The number of thiazole rings is 1. The number of benzene rings is 2. The monoisotopic (exact) mass is 423 g/mol. The average Bonchev–Trinajstić information content (AvgIpc) is 3.24. The minimum atomic E-state index is -0.313. The maximum absolute atomic E-state index is 13.7. The molecule has 0 aliphatic carbocycles. The first-order valence-corrected chi connectivity index (χ1v) is 11.3. The molecule has 0 atom stereocenters. The van der Waals surface area contributed by atoms with E-state index < -0.39 is 0 Å². The summed E-state index contributed by atoms with van der Waals surface area (Å²) in [6.07, 6.45) is 3.53. The summed E-state index contributed by atoms with van der Waals surface area (Å²) in [5, 5.41) is 5.49. The predicted molar refractivity (Wildman–Crippen MR) is 118 cm³/mol. The summed E-state index contributed by atoms with van der Waals surface area (Å²) in [6.45, 7) is 3.06. The molecule has 3 aromatic rings. The molecule has 0 radical (unpaired) electrons. The minimum Gasteiger partial charge on any atom is -0.346 e. The van der Waals surface area contributed by atoms with Crippen LogP contribution in [0, 0.1) is 11.7 Å². The van der Waals surface area contributed by atoms with E-state index in [-0.39, 0.29) is 18.3 Å². The van der Waals surface area contributed by atoms with E-state index in [0.717, 1.165) is 37.0 Å². The van der Waals surface area contributed by atoms with E-state index >= 15 is 0 Å². The highest BCUT2D eigenvalue weighted by molar-refractivity contribution is 7.09. The fourth-order valence-corrected chi connectivity index (χ4v) is 4.70. The molecule has 156 valence electrons. The Kier molecular flexibility index (Phi) is 6.87. The van der Waals surface area contributed by atoms with Gasteiger partial charge in [-0.05, 0) is 49.9 Å². The summed E-state index contributed by atoms with van der Waals surface area (Å²) >= 11 is 1.51. The van der Waals surface area contributed by atoms with Gasteiger partial charge in [0, 0.05) is 17.5 Å². The van der Waals surface area contributed by atoms with Crippen LogP contribution in [0.2, 0.25) is 0 Å². The van der Waals surface area contributed by atoms with Crippen molar-refractivity contribution in [3.63, 3.8) is 0 Å². The van der Waals surface area contributed by atoms with Crippen molar-refractivity contribution in [3.05, 3.63) is 87.6 Å². The zero-order valence-electron chi connectivity index (χ0n) is 16.9. The third-order valence-corrected chi connectivity index (χ3v) is 6.45. The second-order valence-electron chi connectivity index (χ2n) is 7.81. The van der Waals surface area contributed by atoms with Gasteiger partial charge < -0.3 is 5.32 Å². The number of carbonyl (C=O) groups is 1. The van der Waals surface area contributed by atoms with Gasteiger partial charge in [-0.3, -0.25) is 9.69 Å². The second-order valence-corrected chi connectivity index (χ2v) is 8.75. The molecule has 0 unspecified atom stereocenters. The number of aromatic nitrogens is 1. The molecule has 0 spiro atoms. The van der Waals surface area contributed by atoms with E-state index in [0.29, 0.717) is 11.3 Å². The van der Waals surface area contributed by atoms with E-state index in [1.807, 2.05) is 0 Å². The van der Waals surface area contributed by atoms with Crippen LogP contribution in [-0.4, -0.2) is 28.9 Å². The third kappa shape index (κ3) is 5.52. The van der Waals surface area contributed by atoms with Crippen LogP contribution in [0.1, 0.15) is 39.5 Å². The summed E-state index contributed by atoms with van der Waals surface area (Å²) in [7, 11) is 0. The summed E-state index contributed by atoms with van der Waals surface area (Å²) in [6, 6.07) is 17.2. The zero-order chi connectivity index (χ0) is 20.8. The van der Waals surface area contributed by atoms with Gasteiger partial charge in [0.15, 0.2) is 0 Å². The maximum Gasteiger partial charge on any atom is 0.271 e. The van der Waals surface area contributed by atoms with Gasteiger partial charge in [-0.2, -0.15) is 0 Å². The molecule has 0 saturated carbocycles. The number of hydrogen-bond acceptors (Lipinski definition) is 4. The van der Waals surface area contributed by atoms with Gasteiger partial charge in [0.05, 0.1) is 6.54 Å². The highest BCUT2D eigenvalue weighted by Crippen LogP contribution is 2.23. The van der Waals surface area contributed by atoms with E-state index in [1.54, 1.807) is 23.6 Å². The van der Waals surface area contributed by atoms with Gasteiger partial charge in [0.25, 0.3) is 5.91 Å². The Labute approximate surface area is 180 Å². The normalized spacial score (nSPS) is 15.2. The molecule has 1 fully saturated rings. The molecule has 1 aromatic heterocycles. The molecule has 1 N–H and O–H groups in total. The fraction of sp³-hybridized carbons (Fsp3) is 0.333. The van der Waals surface area contributed by atoms with Gasteiger partial charge in [0.2, 0.25) is 0 Å².